The summed E-state index contributed by atoms with van der Waals surface area (Å²) in [5.74, 6) is 1.26. The monoisotopic (exact) mass is 525 g/mol. The summed E-state index contributed by atoms with van der Waals surface area (Å²) in [5.41, 5.74) is 1.64. The van der Waals surface area contributed by atoms with Crippen LogP contribution in [-0.2, 0) is 4.79 Å². The Morgan fingerprint density at radius 3 is 2.64 bits per heavy atom. The SMILES string of the molecule is CC[C@H](C)Oc1c(I)cc(/C=C2/SC(=S)N(c3ccccc3)C2=O)cc1OC. The molecule has 0 saturated carbocycles. The molecular weight excluding hydrogens is 505 g/mol. The highest BCUT2D eigenvalue weighted by Crippen LogP contribution is 2.39. The molecule has 0 aromatic heterocycles. The number of amides is 1. The van der Waals surface area contributed by atoms with Gasteiger partial charge in [0, 0.05) is 0 Å². The summed E-state index contributed by atoms with van der Waals surface area (Å²) in [5, 5.41) is 0. The van der Waals surface area contributed by atoms with Crippen LogP contribution < -0.4 is 14.4 Å². The molecule has 4 nitrogen and oxygen atoms in total. The second-order valence-corrected chi connectivity index (χ2v) is 9.06. The second kappa shape index (κ2) is 9.28. The first-order valence-electron chi connectivity index (χ1n) is 8.81. The van der Waals surface area contributed by atoms with Gasteiger partial charge in [-0.2, -0.15) is 0 Å². The predicted molar refractivity (Wildman–Crippen MR) is 128 cm³/mol. The number of rotatable bonds is 6. The van der Waals surface area contributed by atoms with Crippen molar-refractivity contribution in [2.45, 2.75) is 26.4 Å². The molecule has 1 heterocycles. The van der Waals surface area contributed by atoms with Gasteiger partial charge in [0.1, 0.15) is 0 Å². The lowest BCUT2D eigenvalue weighted by Gasteiger charge is -2.17. The summed E-state index contributed by atoms with van der Waals surface area (Å²) in [6.07, 6.45) is 2.85. The van der Waals surface area contributed by atoms with Gasteiger partial charge in [-0.15, -0.1) is 0 Å². The molecule has 3 rings (SSSR count). The van der Waals surface area contributed by atoms with Crippen molar-refractivity contribution < 1.29 is 14.3 Å². The first kappa shape index (κ1) is 21.1. The van der Waals surface area contributed by atoms with E-state index in [0.29, 0.717) is 15.0 Å². The molecule has 28 heavy (non-hydrogen) atoms. The van der Waals surface area contributed by atoms with Gasteiger partial charge in [-0.1, -0.05) is 49.1 Å². The number of hydrogen-bond donors (Lipinski definition) is 0. The first-order valence-corrected chi connectivity index (χ1v) is 11.1. The summed E-state index contributed by atoms with van der Waals surface area (Å²) >= 11 is 8.97. The maximum absolute atomic E-state index is 12.9. The normalized spacial score (nSPS) is 16.6. The van der Waals surface area contributed by atoms with E-state index in [-0.39, 0.29) is 12.0 Å². The number of ether oxygens (including phenoxy) is 2. The maximum atomic E-state index is 12.9. The number of thioether (sulfide) groups is 1. The number of hydrogen-bond acceptors (Lipinski definition) is 5. The number of halogens is 1. The second-order valence-electron chi connectivity index (χ2n) is 6.22. The number of nitrogens with zero attached hydrogens (tertiary/aromatic N) is 1. The van der Waals surface area contributed by atoms with Crippen molar-refractivity contribution in [1.29, 1.82) is 0 Å². The molecule has 1 fully saturated rings. The topological polar surface area (TPSA) is 38.8 Å². The van der Waals surface area contributed by atoms with Crippen molar-refractivity contribution in [2.24, 2.45) is 0 Å². The van der Waals surface area contributed by atoms with Crippen molar-refractivity contribution in [3.63, 3.8) is 0 Å². The summed E-state index contributed by atoms with van der Waals surface area (Å²) in [6, 6.07) is 13.3. The van der Waals surface area contributed by atoms with Crippen molar-refractivity contribution in [3.8, 4) is 11.5 Å². The zero-order chi connectivity index (χ0) is 20.3. The molecule has 146 valence electrons. The molecule has 0 N–H and O–H groups in total. The van der Waals surface area contributed by atoms with E-state index in [1.165, 1.54) is 11.8 Å². The molecule has 1 atom stereocenters. The number of anilines is 1. The van der Waals surface area contributed by atoms with Crippen LogP contribution in [0.15, 0.2) is 47.4 Å². The zero-order valence-corrected chi connectivity index (χ0v) is 19.6. The minimum atomic E-state index is -0.116. The van der Waals surface area contributed by atoms with Gasteiger partial charge >= 0.3 is 0 Å². The average Bonchev–Trinajstić information content (AvgIpc) is 2.97. The number of carbonyl (C=O) groups is 1. The Labute approximate surface area is 188 Å². The summed E-state index contributed by atoms with van der Waals surface area (Å²) in [6.45, 7) is 4.10. The molecule has 1 aliphatic heterocycles. The van der Waals surface area contributed by atoms with E-state index in [1.807, 2.05) is 55.5 Å². The van der Waals surface area contributed by atoms with Gasteiger partial charge in [-0.25, -0.2) is 0 Å². The van der Waals surface area contributed by atoms with Crippen LogP contribution in [0.5, 0.6) is 11.5 Å². The van der Waals surface area contributed by atoms with Gasteiger partial charge in [0.15, 0.2) is 15.8 Å². The van der Waals surface area contributed by atoms with Crippen molar-refractivity contribution in [2.75, 3.05) is 12.0 Å². The fourth-order valence-corrected chi connectivity index (χ4v) is 4.69. The maximum Gasteiger partial charge on any atom is 0.270 e. The Morgan fingerprint density at radius 2 is 2.00 bits per heavy atom. The quantitative estimate of drug-likeness (QED) is 0.268. The Hall–Kier alpha value is -1.58. The van der Waals surface area contributed by atoms with Crippen molar-refractivity contribution >= 4 is 68.6 Å². The zero-order valence-electron chi connectivity index (χ0n) is 15.8. The molecule has 0 bridgehead atoms. The van der Waals surface area contributed by atoms with E-state index >= 15 is 0 Å². The van der Waals surface area contributed by atoms with E-state index in [2.05, 4.69) is 29.5 Å². The Bertz CT molecular complexity index is 931. The number of thiocarbonyl (C=S) groups is 1. The molecule has 0 unspecified atom stereocenters. The van der Waals surface area contributed by atoms with Gasteiger partial charge in [-0.05, 0) is 71.8 Å². The third-order valence-electron chi connectivity index (χ3n) is 4.25. The highest BCUT2D eigenvalue weighted by Gasteiger charge is 2.33. The van der Waals surface area contributed by atoms with E-state index in [4.69, 9.17) is 21.7 Å². The number of methoxy groups -OCH3 is 1. The molecule has 2 aromatic rings. The van der Waals surface area contributed by atoms with E-state index in [1.54, 1.807) is 12.0 Å². The van der Waals surface area contributed by atoms with Gasteiger partial charge < -0.3 is 9.47 Å². The molecule has 0 spiro atoms. The lowest BCUT2D eigenvalue weighted by atomic mass is 10.1. The van der Waals surface area contributed by atoms with Crippen LogP contribution in [0.2, 0.25) is 0 Å². The fourth-order valence-electron chi connectivity index (χ4n) is 2.64. The summed E-state index contributed by atoms with van der Waals surface area (Å²) in [4.78, 5) is 15.1. The van der Waals surface area contributed by atoms with Gasteiger partial charge in [0.2, 0.25) is 0 Å². The third-order valence-corrected chi connectivity index (χ3v) is 6.36. The Morgan fingerprint density at radius 1 is 1.29 bits per heavy atom. The minimum absolute atomic E-state index is 0.0930. The van der Waals surface area contributed by atoms with E-state index in [9.17, 15) is 4.79 Å². The molecule has 1 aliphatic rings. The summed E-state index contributed by atoms with van der Waals surface area (Å²) in [7, 11) is 1.62. The van der Waals surface area contributed by atoms with Crippen LogP contribution in [0.3, 0.4) is 0 Å². The number of carbonyl (C=O) groups excluding carboxylic acids is 1. The van der Waals surface area contributed by atoms with E-state index < -0.39 is 0 Å². The van der Waals surface area contributed by atoms with Gasteiger partial charge in [0.05, 0.1) is 27.4 Å². The van der Waals surface area contributed by atoms with Crippen LogP contribution >= 0.6 is 46.6 Å². The Kier molecular flexibility index (Phi) is 7.00. The van der Waals surface area contributed by atoms with Crippen molar-refractivity contribution in [3.05, 3.63) is 56.5 Å². The smallest absolute Gasteiger partial charge is 0.270 e. The summed E-state index contributed by atoms with van der Waals surface area (Å²) < 4.78 is 13.0. The first-order chi connectivity index (χ1) is 13.4. The number of para-hydroxylation sites is 1. The standard InChI is InChI=1S/C21H20INO3S2/c1-4-13(2)26-19-16(22)10-14(11-17(19)25-3)12-18-20(24)23(21(27)28-18)15-8-6-5-7-9-15/h5-13H,4H2,1-3H3/b18-12+/t13-/m0/s1. The lowest BCUT2D eigenvalue weighted by molar-refractivity contribution is -0.113. The average molecular weight is 525 g/mol. The Balaban J connectivity index is 1.92. The fraction of sp³-hybridized carbons (Fsp3) is 0.238. The highest BCUT2D eigenvalue weighted by atomic mass is 127. The largest absolute Gasteiger partial charge is 0.493 e. The third kappa shape index (κ3) is 4.52. The molecule has 0 aliphatic carbocycles. The molecular formula is C21H20INO3S2. The molecule has 2 aromatic carbocycles. The van der Waals surface area contributed by atoms with Crippen LogP contribution in [0.25, 0.3) is 6.08 Å². The molecule has 7 heteroatoms. The number of benzene rings is 2. The van der Waals surface area contributed by atoms with Crippen molar-refractivity contribution in [1.82, 2.24) is 0 Å². The molecule has 0 radical (unpaired) electrons. The molecule has 1 amide bonds. The van der Waals surface area contributed by atoms with Crippen LogP contribution in [0.1, 0.15) is 25.8 Å². The predicted octanol–water partition coefficient (Wildman–Crippen LogP) is 5.88. The van der Waals surface area contributed by atoms with Crippen LogP contribution in [0, 0.1) is 3.57 Å². The van der Waals surface area contributed by atoms with Gasteiger partial charge in [-0.3, -0.25) is 9.69 Å². The lowest BCUT2D eigenvalue weighted by Crippen LogP contribution is -2.27. The van der Waals surface area contributed by atoms with Crippen LogP contribution in [-0.4, -0.2) is 23.4 Å². The minimum Gasteiger partial charge on any atom is -0.493 e. The van der Waals surface area contributed by atoms with Gasteiger partial charge in [0.25, 0.3) is 5.91 Å². The highest BCUT2D eigenvalue weighted by molar-refractivity contribution is 14.1. The van der Waals surface area contributed by atoms with Crippen LogP contribution in [0.4, 0.5) is 5.69 Å². The molecule has 1 saturated heterocycles. The van der Waals surface area contributed by atoms with E-state index in [0.717, 1.165) is 27.0 Å².